The van der Waals surface area contributed by atoms with Crippen LogP contribution in [-0.2, 0) is 31.3 Å². The molecule has 0 radical (unpaired) electrons. The van der Waals surface area contributed by atoms with Crippen molar-refractivity contribution in [3.05, 3.63) is 88.7 Å². The maximum absolute atomic E-state index is 14.0. The Morgan fingerprint density at radius 2 is 1.91 bits per heavy atom. The lowest BCUT2D eigenvalue weighted by molar-refractivity contribution is -0.151. The lowest BCUT2D eigenvalue weighted by Crippen LogP contribution is -2.53. The molecule has 3 atom stereocenters. The molecule has 0 unspecified atom stereocenters. The number of aromatic nitrogens is 2. The number of carbonyl (C=O) groups is 2. The molecule has 0 bridgehead atoms. The monoisotopic (exact) mass is 655 g/mol. The average Bonchev–Trinajstić information content (AvgIpc) is 3.68. The highest BCUT2D eigenvalue weighted by Crippen LogP contribution is 2.45. The van der Waals surface area contributed by atoms with Crippen LogP contribution in [0, 0.1) is 30.9 Å². The number of halogens is 2. The van der Waals surface area contributed by atoms with Gasteiger partial charge in [0.15, 0.2) is 9.84 Å². The largest absolute Gasteiger partial charge is 0.458 e. The van der Waals surface area contributed by atoms with Gasteiger partial charge in [0, 0.05) is 36.0 Å². The van der Waals surface area contributed by atoms with E-state index in [1.165, 1.54) is 12.4 Å². The van der Waals surface area contributed by atoms with Crippen molar-refractivity contribution in [3.63, 3.8) is 0 Å². The van der Waals surface area contributed by atoms with Crippen LogP contribution in [0.25, 0.3) is 0 Å². The number of nitrogens with two attached hydrogens (primary N) is 1. The molecule has 4 rings (SSSR count). The third kappa shape index (κ3) is 9.45. The first-order chi connectivity index (χ1) is 21.8. The smallest absolute Gasteiger partial charge is 0.342 e. The zero-order chi connectivity index (χ0) is 33.5. The van der Waals surface area contributed by atoms with Gasteiger partial charge in [0.05, 0.1) is 17.7 Å². The minimum absolute atomic E-state index is 0.0204. The quantitative estimate of drug-likeness (QED) is 0.167. The van der Waals surface area contributed by atoms with E-state index in [4.69, 9.17) is 16.9 Å². The molecule has 1 aliphatic rings. The maximum atomic E-state index is 14.0. The first kappa shape index (κ1) is 34.7. The number of terminal acetylenes is 1. The van der Waals surface area contributed by atoms with E-state index in [-0.39, 0.29) is 24.3 Å². The van der Waals surface area contributed by atoms with Crippen LogP contribution in [0.3, 0.4) is 0 Å². The molecule has 1 amide bonds. The van der Waals surface area contributed by atoms with Crippen LogP contribution in [0.1, 0.15) is 54.9 Å². The van der Waals surface area contributed by atoms with Crippen LogP contribution >= 0.6 is 0 Å². The minimum atomic E-state index is -3.78. The number of rotatable bonds is 15. The Hall–Kier alpha value is -4.12. The fourth-order valence-corrected chi connectivity index (χ4v) is 6.77. The molecule has 0 spiro atoms. The molecule has 1 heterocycles. The topological polar surface area (TPSA) is 145 Å². The van der Waals surface area contributed by atoms with Crippen molar-refractivity contribution in [1.29, 1.82) is 0 Å². The highest BCUT2D eigenvalue weighted by atomic mass is 32.2. The molecule has 4 N–H and O–H groups in total. The number of unbranched alkanes of at least 4 members (excludes halogenated alkanes) is 1. The van der Waals surface area contributed by atoms with E-state index in [0.717, 1.165) is 41.3 Å². The van der Waals surface area contributed by atoms with Gasteiger partial charge in [0.25, 0.3) is 0 Å². The SMILES string of the molecule is C#Cc1cccc(C2(NC[C@@H](OC(=O)[C@@H](CS(=O)(=O)CCCC)NC(=O)n3cc(C)cn3)[C@@H](N)Cc3cc(F)cc(F)c3)CC2)c1. The number of esters is 1. The lowest BCUT2D eigenvalue weighted by atomic mass is 9.99. The number of sulfone groups is 1. The van der Waals surface area contributed by atoms with E-state index in [1.54, 1.807) is 6.92 Å². The predicted molar refractivity (Wildman–Crippen MR) is 169 cm³/mol. The number of hydrogen-bond donors (Lipinski definition) is 3. The molecule has 1 saturated carbocycles. The molecule has 46 heavy (non-hydrogen) atoms. The van der Waals surface area contributed by atoms with E-state index >= 15 is 0 Å². The maximum Gasteiger partial charge on any atom is 0.342 e. The normalized spacial score (nSPS) is 15.7. The predicted octanol–water partition coefficient (Wildman–Crippen LogP) is 3.35. The molecular formula is C33H39F2N5O5S. The van der Waals surface area contributed by atoms with Gasteiger partial charge in [0.1, 0.15) is 23.8 Å². The Morgan fingerprint density at radius 1 is 1.20 bits per heavy atom. The molecule has 0 saturated heterocycles. The van der Waals surface area contributed by atoms with Crippen LogP contribution in [0.5, 0.6) is 0 Å². The first-order valence-corrected chi connectivity index (χ1v) is 16.9. The molecule has 0 aliphatic heterocycles. The minimum Gasteiger partial charge on any atom is -0.458 e. The summed E-state index contributed by atoms with van der Waals surface area (Å²) in [5, 5.41) is 9.79. The molecule has 2 aromatic carbocycles. The third-order valence-corrected chi connectivity index (χ3v) is 9.60. The number of carbonyl (C=O) groups excluding carboxylic acids is 2. The number of nitrogens with one attached hydrogen (secondary N) is 2. The third-order valence-electron chi connectivity index (χ3n) is 7.84. The van der Waals surface area contributed by atoms with Gasteiger partial charge in [-0.1, -0.05) is 31.4 Å². The zero-order valence-electron chi connectivity index (χ0n) is 25.8. The molecule has 1 aromatic heterocycles. The Bertz CT molecular complexity index is 1680. The number of benzene rings is 2. The van der Waals surface area contributed by atoms with Gasteiger partial charge in [-0.05, 0) is 73.6 Å². The van der Waals surface area contributed by atoms with E-state index in [9.17, 15) is 26.8 Å². The first-order valence-electron chi connectivity index (χ1n) is 15.1. The average molecular weight is 656 g/mol. The van der Waals surface area contributed by atoms with Crippen molar-refractivity contribution < 1.29 is 31.5 Å². The van der Waals surface area contributed by atoms with Gasteiger partial charge in [0.2, 0.25) is 0 Å². The molecule has 10 nitrogen and oxygen atoms in total. The fourth-order valence-electron chi connectivity index (χ4n) is 5.15. The van der Waals surface area contributed by atoms with Gasteiger partial charge < -0.3 is 21.1 Å². The van der Waals surface area contributed by atoms with Gasteiger partial charge in [-0.2, -0.15) is 9.78 Å². The Balaban J connectivity index is 1.59. The van der Waals surface area contributed by atoms with E-state index in [0.29, 0.717) is 24.0 Å². The van der Waals surface area contributed by atoms with E-state index in [1.807, 2.05) is 31.2 Å². The molecule has 3 aromatic rings. The molecule has 13 heteroatoms. The number of aryl methyl sites for hydroxylation is 1. The summed E-state index contributed by atoms with van der Waals surface area (Å²) >= 11 is 0. The summed E-state index contributed by atoms with van der Waals surface area (Å²) in [6.07, 6.45) is 9.83. The van der Waals surface area contributed by atoms with Crippen molar-refractivity contribution in [3.8, 4) is 12.3 Å². The van der Waals surface area contributed by atoms with Crippen molar-refractivity contribution in [1.82, 2.24) is 20.4 Å². The Morgan fingerprint density at radius 3 is 2.52 bits per heavy atom. The highest BCUT2D eigenvalue weighted by molar-refractivity contribution is 7.91. The van der Waals surface area contributed by atoms with Crippen LogP contribution in [-0.4, -0.2) is 66.4 Å². The molecular weight excluding hydrogens is 616 g/mol. The van der Waals surface area contributed by atoms with Crippen LogP contribution in [0.4, 0.5) is 13.6 Å². The van der Waals surface area contributed by atoms with E-state index < -0.39 is 63.0 Å². The fraction of sp³-hybridized carbons (Fsp3) is 0.424. The van der Waals surface area contributed by atoms with Crippen molar-refractivity contribution in [2.24, 2.45) is 5.73 Å². The summed E-state index contributed by atoms with van der Waals surface area (Å²) in [6.45, 7) is 3.57. The molecule has 1 fully saturated rings. The van der Waals surface area contributed by atoms with Gasteiger partial charge in [-0.15, -0.1) is 6.42 Å². The molecule has 246 valence electrons. The Kier molecular flexibility index (Phi) is 11.3. The van der Waals surface area contributed by atoms with Crippen molar-refractivity contribution in [2.75, 3.05) is 18.1 Å². The van der Waals surface area contributed by atoms with Gasteiger partial charge in [-0.25, -0.2) is 26.8 Å². The summed E-state index contributed by atoms with van der Waals surface area (Å²) in [5.41, 5.74) is 8.62. The lowest BCUT2D eigenvalue weighted by Gasteiger charge is -2.29. The second-order valence-electron chi connectivity index (χ2n) is 11.7. The standard InChI is InChI=1S/C33H39F2N5O5S/c1-4-6-12-46(43,44)21-29(39-32(42)40-20-22(3)18-38-40)31(41)45-30(28(36)16-24-14-26(34)17-27(35)15-24)19-37-33(10-11-33)25-9-7-8-23(5-2)13-25/h2,7-9,13-15,17-18,20,28-30,37H,4,6,10-12,16,19,21,36H2,1,3H3,(H,39,42)/t28-,29+,30+/m0/s1. The van der Waals surface area contributed by atoms with Gasteiger partial charge >= 0.3 is 12.0 Å². The Labute approximate surface area is 268 Å². The van der Waals surface area contributed by atoms with Crippen molar-refractivity contribution in [2.45, 2.75) is 69.7 Å². The number of ether oxygens (including phenoxy) is 1. The van der Waals surface area contributed by atoms with Gasteiger partial charge in [-0.3, -0.25) is 0 Å². The van der Waals surface area contributed by atoms with E-state index in [2.05, 4.69) is 21.7 Å². The van der Waals surface area contributed by atoms with Crippen LogP contribution in [0.2, 0.25) is 0 Å². The summed E-state index contributed by atoms with van der Waals surface area (Å²) in [5.74, 6) is -0.860. The van der Waals surface area contributed by atoms with Crippen LogP contribution in [0.15, 0.2) is 54.9 Å². The number of hydrogen-bond acceptors (Lipinski definition) is 8. The summed E-state index contributed by atoms with van der Waals surface area (Å²) in [4.78, 5) is 26.6. The summed E-state index contributed by atoms with van der Waals surface area (Å²) < 4.78 is 60.6. The summed E-state index contributed by atoms with van der Waals surface area (Å²) in [7, 11) is -3.78. The second kappa shape index (κ2) is 15.0. The zero-order valence-corrected chi connectivity index (χ0v) is 26.7. The molecule has 1 aliphatic carbocycles. The highest BCUT2D eigenvalue weighted by Gasteiger charge is 2.45. The van der Waals surface area contributed by atoms with Crippen LogP contribution < -0.4 is 16.4 Å². The summed E-state index contributed by atoms with van der Waals surface area (Å²) in [6, 6.07) is 7.13. The number of amides is 1. The van der Waals surface area contributed by atoms with Crippen molar-refractivity contribution >= 4 is 21.8 Å². The second-order valence-corrected chi connectivity index (χ2v) is 14.0. The number of nitrogens with zero attached hydrogens (tertiary/aromatic N) is 2.